The maximum Gasteiger partial charge on any atom is 0.0267 e. The zero-order valence-electron chi connectivity index (χ0n) is 4.09. The van der Waals surface area contributed by atoms with Crippen molar-refractivity contribution in [1.82, 2.24) is 4.98 Å². The number of aromatic nitrogens is 1. The lowest BCUT2D eigenvalue weighted by Crippen LogP contribution is -1.58. The summed E-state index contributed by atoms with van der Waals surface area (Å²) in [6.45, 7) is 0. The zero-order chi connectivity index (χ0) is 6.24. The maximum absolute atomic E-state index is 4.11. The van der Waals surface area contributed by atoms with Crippen LogP contribution in [0.25, 0.3) is 0 Å². The Balaban J connectivity index is 0.000000222. The molecule has 0 amide bonds. The number of pyridine rings is 1. The van der Waals surface area contributed by atoms with E-state index in [0.717, 1.165) is 0 Å². The van der Waals surface area contributed by atoms with Gasteiger partial charge in [0.15, 0.2) is 0 Å². The van der Waals surface area contributed by atoms with Gasteiger partial charge in [-0.15, -0.1) is 0 Å². The number of nitrogens with zero attached hydrogens (tertiary/aromatic N) is 1. The molecule has 3 heteroatoms. The highest BCUT2D eigenvalue weighted by Gasteiger charge is 1.58. The summed E-state index contributed by atoms with van der Waals surface area (Å²) in [5, 5.41) is 0. The van der Waals surface area contributed by atoms with Crippen LogP contribution in [0.2, 0.25) is 0 Å². The molecular weight excluding hydrogens is 145 g/mol. The Kier molecular flexibility index (Phi) is 6.50. The van der Waals surface area contributed by atoms with E-state index >= 15 is 0 Å². The molecule has 0 N–H and O–H groups in total. The van der Waals surface area contributed by atoms with Gasteiger partial charge in [0.2, 0.25) is 0 Å². The lowest BCUT2D eigenvalue weighted by Gasteiger charge is -1.70. The van der Waals surface area contributed by atoms with Gasteiger partial charge in [-0.25, -0.2) is 0 Å². The molecule has 0 spiro atoms. The van der Waals surface area contributed by atoms with Gasteiger partial charge in [-0.05, 0) is 12.1 Å². The van der Waals surface area contributed by atoms with Gasteiger partial charge in [-0.1, -0.05) is 6.07 Å². The summed E-state index contributed by atoms with van der Waals surface area (Å²) in [6.07, 6.45) is 3.50. The lowest BCUT2D eigenvalue weighted by molar-refractivity contribution is 1.33. The smallest absolute Gasteiger partial charge is 0.0267 e. The summed E-state index contributed by atoms with van der Waals surface area (Å²) >= 11 is 0. The number of halogens is 2. The van der Waals surface area contributed by atoms with Crippen molar-refractivity contribution in [2.45, 2.75) is 0 Å². The summed E-state index contributed by atoms with van der Waals surface area (Å²) in [5.74, 6) is 0. The average Bonchev–Trinajstić information content (AvgIpc) is 1.96. The second kappa shape index (κ2) is 6.73. The SMILES string of the molecule is ClCl.c1ccncc1. The van der Waals surface area contributed by atoms with E-state index in [-0.39, 0.29) is 0 Å². The van der Waals surface area contributed by atoms with Crippen molar-refractivity contribution >= 4 is 21.7 Å². The predicted molar refractivity (Wildman–Crippen MR) is 35.9 cm³/mol. The summed E-state index contributed by atoms with van der Waals surface area (Å²) in [6, 6.07) is 5.72. The quantitative estimate of drug-likeness (QED) is 0.553. The van der Waals surface area contributed by atoms with Crippen molar-refractivity contribution in [1.29, 1.82) is 0 Å². The van der Waals surface area contributed by atoms with Crippen LogP contribution in [0, 0.1) is 0 Å². The molecule has 0 aliphatic rings. The Labute approximate surface area is 57.9 Å². The minimum atomic E-state index is 1.75. The number of hydrogen-bond donors (Lipinski definition) is 0. The first kappa shape index (κ1) is 7.73. The molecule has 44 valence electrons. The third-order valence-corrected chi connectivity index (χ3v) is 0.566. The molecule has 0 atom stereocenters. The van der Waals surface area contributed by atoms with E-state index in [4.69, 9.17) is 0 Å². The average molecular weight is 150 g/mol. The molecule has 0 unspecified atom stereocenters. The Morgan fingerprint density at radius 3 is 1.50 bits per heavy atom. The van der Waals surface area contributed by atoms with E-state index in [9.17, 15) is 0 Å². The summed E-state index contributed by atoms with van der Waals surface area (Å²) in [7, 11) is 8.22. The van der Waals surface area contributed by atoms with E-state index in [2.05, 4.69) is 26.7 Å². The highest BCUT2D eigenvalue weighted by atomic mass is 36.5. The first-order valence-electron chi connectivity index (χ1n) is 1.99. The van der Waals surface area contributed by atoms with Crippen molar-refractivity contribution in [3.05, 3.63) is 30.6 Å². The largest absolute Gasteiger partial charge is 0.265 e. The fourth-order valence-corrected chi connectivity index (χ4v) is 0.313. The number of rotatable bonds is 0. The highest BCUT2D eigenvalue weighted by Crippen LogP contribution is 1.73. The maximum atomic E-state index is 4.11. The van der Waals surface area contributed by atoms with Gasteiger partial charge in [-0.3, -0.25) is 4.98 Å². The van der Waals surface area contributed by atoms with Gasteiger partial charge in [0.1, 0.15) is 0 Å². The number of hydrogen-bond acceptors (Lipinski definition) is 1. The molecule has 1 rings (SSSR count). The van der Waals surface area contributed by atoms with Gasteiger partial charge < -0.3 is 0 Å². The van der Waals surface area contributed by atoms with Crippen LogP contribution in [0.5, 0.6) is 0 Å². The first-order chi connectivity index (χ1) is 4.00. The molecule has 1 aromatic heterocycles. The fraction of sp³-hybridized carbons (Fsp3) is 0. The van der Waals surface area contributed by atoms with Crippen LogP contribution in [0.15, 0.2) is 30.6 Å². The Morgan fingerprint density at radius 2 is 1.38 bits per heavy atom. The first-order valence-corrected chi connectivity index (χ1v) is 3.14. The summed E-state index contributed by atoms with van der Waals surface area (Å²) in [5.41, 5.74) is 0. The van der Waals surface area contributed by atoms with Crippen molar-refractivity contribution in [3.63, 3.8) is 0 Å². The molecule has 0 bridgehead atoms. The zero-order valence-corrected chi connectivity index (χ0v) is 5.60. The van der Waals surface area contributed by atoms with Crippen molar-refractivity contribution < 1.29 is 0 Å². The molecule has 1 heterocycles. The standard InChI is InChI=1S/C5H5N.Cl2/c1-2-4-6-5-3-1;1-2/h1-5H;. The molecule has 8 heavy (non-hydrogen) atoms. The molecule has 0 aromatic carbocycles. The van der Waals surface area contributed by atoms with Crippen molar-refractivity contribution in [2.24, 2.45) is 0 Å². The Hall–Kier alpha value is -0.270. The molecule has 0 saturated carbocycles. The van der Waals surface area contributed by atoms with Crippen LogP contribution in [-0.2, 0) is 0 Å². The van der Waals surface area contributed by atoms with Crippen LogP contribution >= 0.6 is 21.7 Å². The third-order valence-electron chi connectivity index (χ3n) is 0.566. The topological polar surface area (TPSA) is 12.9 Å². The van der Waals surface area contributed by atoms with Crippen LogP contribution in [0.1, 0.15) is 0 Å². The van der Waals surface area contributed by atoms with Gasteiger partial charge in [0, 0.05) is 34.1 Å². The van der Waals surface area contributed by atoms with Crippen molar-refractivity contribution in [2.75, 3.05) is 0 Å². The molecule has 0 aliphatic carbocycles. The van der Waals surface area contributed by atoms with Gasteiger partial charge in [-0.2, -0.15) is 0 Å². The van der Waals surface area contributed by atoms with Crippen LogP contribution in [0.3, 0.4) is 0 Å². The van der Waals surface area contributed by atoms with Crippen LogP contribution in [-0.4, -0.2) is 4.98 Å². The fourth-order valence-electron chi connectivity index (χ4n) is 0.313. The van der Waals surface area contributed by atoms with Crippen LogP contribution < -0.4 is 0 Å². The normalized spacial score (nSPS) is 6.75. The highest BCUT2D eigenvalue weighted by molar-refractivity contribution is 6.85. The minimum Gasteiger partial charge on any atom is -0.265 e. The lowest BCUT2D eigenvalue weighted by atomic mass is 10.5. The van der Waals surface area contributed by atoms with E-state index in [1.165, 1.54) is 0 Å². The second-order valence-electron chi connectivity index (χ2n) is 1.02. The van der Waals surface area contributed by atoms with E-state index < -0.39 is 0 Å². The molecule has 0 aliphatic heterocycles. The molecule has 1 aromatic rings. The van der Waals surface area contributed by atoms with E-state index in [0.29, 0.717) is 0 Å². The summed E-state index contributed by atoms with van der Waals surface area (Å²) in [4.78, 5) is 3.78. The van der Waals surface area contributed by atoms with Crippen LogP contribution in [0.4, 0.5) is 0 Å². The molecule has 1 nitrogen and oxygen atoms in total. The molecule has 0 saturated heterocycles. The summed E-state index contributed by atoms with van der Waals surface area (Å²) < 4.78 is 0. The Bertz CT molecular complexity index is 82.4. The monoisotopic (exact) mass is 149 g/mol. The minimum absolute atomic E-state index is 1.75. The van der Waals surface area contributed by atoms with E-state index in [1.54, 1.807) is 12.4 Å². The van der Waals surface area contributed by atoms with Gasteiger partial charge in [0.25, 0.3) is 0 Å². The third kappa shape index (κ3) is 3.90. The Morgan fingerprint density at radius 1 is 0.875 bits per heavy atom. The van der Waals surface area contributed by atoms with Gasteiger partial charge >= 0.3 is 0 Å². The molecule has 0 radical (unpaired) electrons. The van der Waals surface area contributed by atoms with Gasteiger partial charge in [0.05, 0.1) is 0 Å². The van der Waals surface area contributed by atoms with E-state index in [1.807, 2.05) is 18.2 Å². The predicted octanol–water partition coefficient (Wildman–Crippen LogP) is 2.46. The van der Waals surface area contributed by atoms with Crippen molar-refractivity contribution in [3.8, 4) is 0 Å². The molecule has 0 fully saturated rings. The second-order valence-corrected chi connectivity index (χ2v) is 1.02. The molecular formula is C5H5Cl2N.